The van der Waals surface area contributed by atoms with E-state index in [1.54, 1.807) is 27.8 Å². The van der Waals surface area contributed by atoms with Gasteiger partial charge in [0, 0.05) is 44.7 Å². The van der Waals surface area contributed by atoms with Crippen LogP contribution in [0.4, 0.5) is 5.13 Å². The fourth-order valence-electron chi connectivity index (χ4n) is 3.35. The molecule has 1 aromatic carbocycles. The van der Waals surface area contributed by atoms with Crippen LogP contribution in [0.25, 0.3) is 10.2 Å². The van der Waals surface area contributed by atoms with Crippen LogP contribution in [0, 0.1) is 0 Å². The van der Waals surface area contributed by atoms with Gasteiger partial charge in [-0.3, -0.25) is 9.48 Å². The van der Waals surface area contributed by atoms with E-state index < -0.39 is 9.84 Å². The molecule has 0 radical (unpaired) electrons. The Morgan fingerprint density at radius 2 is 1.86 bits per heavy atom. The van der Waals surface area contributed by atoms with Gasteiger partial charge in [0.2, 0.25) is 0 Å². The van der Waals surface area contributed by atoms with Crippen LogP contribution in [0.3, 0.4) is 0 Å². The van der Waals surface area contributed by atoms with Gasteiger partial charge in [0.05, 0.1) is 9.60 Å². The molecular formula is C19H23N5O3S2. The van der Waals surface area contributed by atoms with Crippen molar-refractivity contribution in [1.82, 2.24) is 19.7 Å². The molecule has 10 heteroatoms. The Morgan fingerprint density at radius 1 is 1.14 bits per heavy atom. The molecule has 0 aliphatic carbocycles. The van der Waals surface area contributed by atoms with E-state index in [-0.39, 0.29) is 16.8 Å². The number of hydrogen-bond acceptors (Lipinski definition) is 7. The summed E-state index contributed by atoms with van der Waals surface area (Å²) in [6, 6.07) is 7.19. The van der Waals surface area contributed by atoms with E-state index in [9.17, 15) is 13.2 Å². The Kier molecular flexibility index (Phi) is 5.07. The zero-order valence-electron chi connectivity index (χ0n) is 16.6. The summed E-state index contributed by atoms with van der Waals surface area (Å²) in [5.41, 5.74) is 0.984. The summed E-state index contributed by atoms with van der Waals surface area (Å²) in [7, 11) is -3.34. The summed E-state index contributed by atoms with van der Waals surface area (Å²) in [5, 5.41) is 5.15. The first-order valence-corrected chi connectivity index (χ1v) is 12.1. The summed E-state index contributed by atoms with van der Waals surface area (Å²) in [4.78, 5) is 21.5. The number of rotatable bonds is 4. The van der Waals surface area contributed by atoms with Crippen molar-refractivity contribution in [3.05, 3.63) is 36.2 Å². The summed E-state index contributed by atoms with van der Waals surface area (Å²) in [6.45, 7) is 6.47. The molecule has 1 aliphatic heterocycles. The molecule has 1 aliphatic rings. The van der Waals surface area contributed by atoms with E-state index in [4.69, 9.17) is 0 Å². The Bertz CT molecular complexity index is 1160. The zero-order valence-corrected chi connectivity index (χ0v) is 18.2. The second kappa shape index (κ2) is 7.42. The third-order valence-electron chi connectivity index (χ3n) is 4.96. The van der Waals surface area contributed by atoms with Gasteiger partial charge in [-0.25, -0.2) is 13.4 Å². The van der Waals surface area contributed by atoms with Gasteiger partial charge in [-0.05, 0) is 32.0 Å². The van der Waals surface area contributed by atoms with Crippen molar-refractivity contribution >= 4 is 42.4 Å². The van der Waals surface area contributed by atoms with Gasteiger partial charge in [-0.1, -0.05) is 17.4 Å². The van der Waals surface area contributed by atoms with E-state index in [2.05, 4.69) is 15.0 Å². The minimum Gasteiger partial charge on any atom is -0.345 e. The van der Waals surface area contributed by atoms with Crippen LogP contribution in [0.15, 0.2) is 35.4 Å². The van der Waals surface area contributed by atoms with Gasteiger partial charge in [0.15, 0.2) is 15.0 Å². The minimum absolute atomic E-state index is 0.0623. The number of carbonyl (C=O) groups excluding carboxylic acids is 1. The molecule has 154 valence electrons. The van der Waals surface area contributed by atoms with Gasteiger partial charge in [0.1, 0.15) is 11.2 Å². The molecule has 0 bridgehead atoms. The van der Waals surface area contributed by atoms with Crippen LogP contribution in [0.5, 0.6) is 0 Å². The zero-order chi connectivity index (χ0) is 20.8. The van der Waals surface area contributed by atoms with Crippen molar-refractivity contribution in [3.63, 3.8) is 0 Å². The molecule has 0 atom stereocenters. The Balaban J connectivity index is 1.49. The third-order valence-corrected chi connectivity index (χ3v) is 7.17. The predicted octanol–water partition coefficient (Wildman–Crippen LogP) is 2.44. The summed E-state index contributed by atoms with van der Waals surface area (Å²) in [5.74, 6) is -0.0623. The first-order chi connectivity index (χ1) is 13.7. The van der Waals surface area contributed by atoms with Gasteiger partial charge < -0.3 is 9.80 Å². The van der Waals surface area contributed by atoms with Crippen molar-refractivity contribution in [1.29, 1.82) is 0 Å². The van der Waals surface area contributed by atoms with E-state index in [1.807, 2.05) is 26.1 Å². The molecule has 29 heavy (non-hydrogen) atoms. The normalized spacial score (nSPS) is 15.4. The average Bonchev–Trinajstić information content (AvgIpc) is 3.33. The van der Waals surface area contributed by atoms with E-state index >= 15 is 0 Å². The number of nitrogens with zero attached hydrogens (tertiary/aromatic N) is 5. The van der Waals surface area contributed by atoms with E-state index in [1.165, 1.54) is 17.6 Å². The number of fused-ring (bicyclic) bond motifs is 1. The maximum atomic E-state index is 12.7. The average molecular weight is 434 g/mol. The molecule has 3 heterocycles. The lowest BCUT2D eigenvalue weighted by Gasteiger charge is -2.34. The molecule has 1 amide bonds. The van der Waals surface area contributed by atoms with Gasteiger partial charge in [-0.15, -0.1) is 0 Å². The van der Waals surface area contributed by atoms with Crippen molar-refractivity contribution in [3.8, 4) is 0 Å². The summed E-state index contributed by atoms with van der Waals surface area (Å²) < 4.78 is 26.7. The second-order valence-electron chi connectivity index (χ2n) is 7.43. The SMILES string of the molecule is CC(C)n1ccc(C(=O)N2CCN(c3nc4c(S(C)(=O)=O)cccc4s3)CC2)n1. The number of para-hydroxylation sites is 1. The van der Waals surface area contributed by atoms with Crippen molar-refractivity contribution < 1.29 is 13.2 Å². The number of amides is 1. The molecule has 1 saturated heterocycles. The number of aromatic nitrogens is 3. The molecule has 3 aromatic rings. The minimum atomic E-state index is -3.34. The van der Waals surface area contributed by atoms with Gasteiger partial charge in [-0.2, -0.15) is 5.10 Å². The Labute approximate surface area is 173 Å². The monoisotopic (exact) mass is 433 g/mol. The molecule has 0 N–H and O–H groups in total. The van der Waals surface area contributed by atoms with Crippen molar-refractivity contribution in [2.24, 2.45) is 0 Å². The highest BCUT2D eigenvalue weighted by Gasteiger charge is 2.26. The number of benzene rings is 1. The smallest absolute Gasteiger partial charge is 0.274 e. The molecule has 4 rings (SSSR count). The quantitative estimate of drug-likeness (QED) is 0.628. The lowest BCUT2D eigenvalue weighted by molar-refractivity contribution is 0.0739. The van der Waals surface area contributed by atoms with Gasteiger partial charge in [0.25, 0.3) is 5.91 Å². The Hall–Kier alpha value is -2.46. The van der Waals surface area contributed by atoms with Crippen molar-refractivity contribution in [2.75, 3.05) is 37.3 Å². The summed E-state index contributed by atoms with van der Waals surface area (Å²) >= 11 is 1.48. The highest BCUT2D eigenvalue weighted by molar-refractivity contribution is 7.91. The topological polar surface area (TPSA) is 88.4 Å². The van der Waals surface area contributed by atoms with Crippen molar-refractivity contribution in [2.45, 2.75) is 24.8 Å². The highest BCUT2D eigenvalue weighted by Crippen LogP contribution is 2.33. The lowest BCUT2D eigenvalue weighted by atomic mass is 10.3. The molecule has 2 aromatic heterocycles. The molecule has 8 nitrogen and oxygen atoms in total. The van der Waals surface area contributed by atoms with Crippen LogP contribution in [-0.2, 0) is 9.84 Å². The maximum absolute atomic E-state index is 12.7. The molecule has 1 fully saturated rings. The second-order valence-corrected chi connectivity index (χ2v) is 10.4. The molecule has 0 saturated carbocycles. The molecule has 0 unspecified atom stereocenters. The fourth-order valence-corrected chi connectivity index (χ4v) is 5.29. The largest absolute Gasteiger partial charge is 0.345 e. The standard InChI is InChI=1S/C19H23N5O3S2/c1-13(2)24-8-7-14(21-24)18(25)22-9-11-23(12-10-22)19-20-17-15(28-19)5-4-6-16(17)29(3,26)27/h4-8,13H,9-12H2,1-3H3. The fraction of sp³-hybridized carbons (Fsp3) is 0.421. The van der Waals surface area contributed by atoms with Crippen LogP contribution < -0.4 is 4.90 Å². The van der Waals surface area contributed by atoms with E-state index in [0.29, 0.717) is 37.4 Å². The highest BCUT2D eigenvalue weighted by atomic mass is 32.2. The first-order valence-electron chi connectivity index (χ1n) is 9.43. The maximum Gasteiger partial charge on any atom is 0.274 e. The lowest BCUT2D eigenvalue weighted by Crippen LogP contribution is -2.48. The molecular weight excluding hydrogens is 410 g/mol. The molecule has 0 spiro atoms. The van der Waals surface area contributed by atoms with Crippen LogP contribution in [0.1, 0.15) is 30.4 Å². The van der Waals surface area contributed by atoms with Gasteiger partial charge >= 0.3 is 0 Å². The number of sulfone groups is 1. The van der Waals surface area contributed by atoms with Crippen LogP contribution >= 0.6 is 11.3 Å². The number of thiazole rings is 1. The summed E-state index contributed by atoms with van der Waals surface area (Å²) in [6.07, 6.45) is 3.03. The van der Waals surface area contributed by atoms with E-state index in [0.717, 1.165) is 9.83 Å². The van der Waals surface area contributed by atoms with Crippen LogP contribution in [-0.4, -0.2) is 66.4 Å². The number of carbonyl (C=O) groups is 1. The number of anilines is 1. The number of hydrogen-bond donors (Lipinski definition) is 0. The predicted molar refractivity (Wildman–Crippen MR) is 113 cm³/mol. The van der Waals surface area contributed by atoms with Crippen LogP contribution in [0.2, 0.25) is 0 Å². The first kappa shape index (κ1) is 19.8. The number of piperazine rings is 1. The third kappa shape index (κ3) is 3.86. The Morgan fingerprint density at radius 3 is 2.48 bits per heavy atom.